The van der Waals surface area contributed by atoms with Gasteiger partial charge in [0.15, 0.2) is 0 Å². The van der Waals surface area contributed by atoms with E-state index >= 15 is 0 Å². The number of hydrogen-bond donors (Lipinski definition) is 2. The minimum absolute atomic E-state index is 0.245. The molecule has 2 heterocycles. The number of nitrogens with zero attached hydrogens (tertiary/aromatic N) is 3. The average Bonchev–Trinajstić information content (AvgIpc) is 2.69. The van der Waals surface area contributed by atoms with Crippen molar-refractivity contribution in [3.05, 3.63) is 83.4 Å². The molecule has 28 heavy (non-hydrogen) atoms. The summed E-state index contributed by atoms with van der Waals surface area (Å²) in [6.45, 7) is 1.73. The number of carbonyl (C=O) groups is 1. The summed E-state index contributed by atoms with van der Waals surface area (Å²) in [5, 5.41) is 7.52. The zero-order valence-electron chi connectivity index (χ0n) is 15.0. The van der Waals surface area contributed by atoms with Crippen LogP contribution >= 0.6 is 11.6 Å². The molecule has 0 unspecified atom stereocenters. The Balaban J connectivity index is 1.62. The Bertz CT molecular complexity index is 1170. The van der Waals surface area contributed by atoms with Crippen LogP contribution in [0.25, 0.3) is 10.9 Å². The number of carbonyl (C=O) groups excluding carboxylic acids is 1. The van der Waals surface area contributed by atoms with E-state index in [0.717, 1.165) is 10.9 Å². The minimum Gasteiger partial charge on any atom is -0.339 e. The third-order valence-electron chi connectivity index (χ3n) is 4.09. The summed E-state index contributed by atoms with van der Waals surface area (Å²) in [7, 11) is 0. The van der Waals surface area contributed by atoms with Gasteiger partial charge in [-0.15, -0.1) is 0 Å². The van der Waals surface area contributed by atoms with E-state index in [4.69, 9.17) is 11.6 Å². The van der Waals surface area contributed by atoms with Gasteiger partial charge in [-0.25, -0.2) is 9.97 Å². The van der Waals surface area contributed by atoms with Gasteiger partial charge in [0.25, 0.3) is 5.91 Å². The van der Waals surface area contributed by atoms with Crippen molar-refractivity contribution >= 4 is 45.6 Å². The fourth-order valence-corrected chi connectivity index (χ4v) is 3.02. The van der Waals surface area contributed by atoms with Crippen LogP contribution in [0.15, 0.2) is 66.9 Å². The molecule has 2 aromatic heterocycles. The predicted molar refractivity (Wildman–Crippen MR) is 111 cm³/mol. The van der Waals surface area contributed by atoms with Crippen molar-refractivity contribution in [1.29, 1.82) is 0 Å². The molecule has 138 valence electrons. The van der Waals surface area contributed by atoms with Crippen LogP contribution in [0.1, 0.15) is 16.3 Å². The Hall–Kier alpha value is -3.51. The lowest BCUT2D eigenvalue weighted by Gasteiger charge is -2.11. The van der Waals surface area contributed by atoms with Gasteiger partial charge in [0.1, 0.15) is 17.3 Å². The molecule has 2 N–H and O–H groups in total. The number of anilines is 3. The zero-order chi connectivity index (χ0) is 19.5. The molecule has 0 aliphatic carbocycles. The van der Waals surface area contributed by atoms with Gasteiger partial charge >= 0.3 is 0 Å². The Labute approximate surface area is 166 Å². The monoisotopic (exact) mass is 389 g/mol. The molecule has 0 fully saturated rings. The van der Waals surface area contributed by atoms with Crippen LogP contribution in [-0.4, -0.2) is 20.9 Å². The molecule has 0 bridgehead atoms. The van der Waals surface area contributed by atoms with Crippen LogP contribution in [0.5, 0.6) is 0 Å². The maximum Gasteiger partial charge on any atom is 0.274 e. The molecular formula is C21H16ClN5O. The van der Waals surface area contributed by atoms with Gasteiger partial charge in [0.05, 0.1) is 21.9 Å². The number of amides is 1. The molecule has 4 rings (SSSR count). The smallest absolute Gasteiger partial charge is 0.274 e. The summed E-state index contributed by atoms with van der Waals surface area (Å²) in [6, 6.07) is 18.3. The van der Waals surface area contributed by atoms with Crippen molar-refractivity contribution in [3.63, 3.8) is 0 Å². The van der Waals surface area contributed by atoms with Crippen molar-refractivity contribution in [2.24, 2.45) is 0 Å². The van der Waals surface area contributed by atoms with Crippen molar-refractivity contribution < 1.29 is 4.79 Å². The molecule has 0 saturated carbocycles. The molecule has 2 aromatic carbocycles. The standard InChI is InChI=1S/C21H16ClN5O/c1-13-24-18(12-19(25-13)26-16-9-3-2-8-15(16)22)21(28)27-17-10-4-6-14-7-5-11-23-20(14)17/h2-12H,1H3,(H,27,28)(H,24,25,26). The van der Waals surface area contributed by atoms with Gasteiger partial charge in [-0.1, -0.05) is 41.9 Å². The SMILES string of the molecule is Cc1nc(Nc2ccccc2Cl)cc(C(=O)Nc2cccc3cccnc23)n1. The van der Waals surface area contributed by atoms with E-state index in [1.165, 1.54) is 0 Å². The van der Waals surface area contributed by atoms with Crippen molar-refractivity contribution in [2.45, 2.75) is 6.92 Å². The molecule has 0 saturated heterocycles. The van der Waals surface area contributed by atoms with Crippen molar-refractivity contribution in [3.8, 4) is 0 Å². The number of halogens is 1. The second-order valence-electron chi connectivity index (χ2n) is 6.13. The normalized spacial score (nSPS) is 10.6. The predicted octanol–water partition coefficient (Wildman–Crippen LogP) is 4.98. The fourth-order valence-electron chi connectivity index (χ4n) is 2.84. The summed E-state index contributed by atoms with van der Waals surface area (Å²) in [6.07, 6.45) is 1.69. The summed E-state index contributed by atoms with van der Waals surface area (Å²) >= 11 is 6.19. The highest BCUT2D eigenvalue weighted by atomic mass is 35.5. The summed E-state index contributed by atoms with van der Waals surface area (Å²) in [5.41, 5.74) is 2.29. The number of aromatic nitrogens is 3. The quantitative estimate of drug-likeness (QED) is 0.514. The first-order valence-corrected chi connectivity index (χ1v) is 9.00. The van der Waals surface area contributed by atoms with Gasteiger partial charge in [0.2, 0.25) is 0 Å². The van der Waals surface area contributed by atoms with Crippen LogP contribution in [0, 0.1) is 6.92 Å². The third-order valence-corrected chi connectivity index (χ3v) is 4.42. The van der Waals surface area contributed by atoms with E-state index in [-0.39, 0.29) is 11.6 Å². The van der Waals surface area contributed by atoms with Gasteiger partial charge in [-0.3, -0.25) is 9.78 Å². The molecule has 1 amide bonds. The largest absolute Gasteiger partial charge is 0.339 e. The van der Waals surface area contributed by atoms with E-state index < -0.39 is 0 Å². The maximum absolute atomic E-state index is 12.8. The van der Waals surface area contributed by atoms with Crippen LogP contribution in [-0.2, 0) is 0 Å². The number of para-hydroxylation sites is 2. The van der Waals surface area contributed by atoms with E-state index in [0.29, 0.717) is 28.0 Å². The lowest BCUT2D eigenvalue weighted by molar-refractivity contribution is 0.102. The summed E-state index contributed by atoms with van der Waals surface area (Å²) in [4.78, 5) is 25.7. The van der Waals surface area contributed by atoms with E-state index in [2.05, 4.69) is 25.6 Å². The number of benzene rings is 2. The Morgan fingerprint density at radius 2 is 1.75 bits per heavy atom. The molecular weight excluding hydrogens is 374 g/mol. The number of nitrogens with one attached hydrogen (secondary N) is 2. The van der Waals surface area contributed by atoms with Crippen LogP contribution < -0.4 is 10.6 Å². The molecule has 0 aliphatic heterocycles. The molecule has 0 atom stereocenters. The number of fused-ring (bicyclic) bond motifs is 1. The second kappa shape index (κ2) is 7.62. The highest BCUT2D eigenvalue weighted by Crippen LogP contribution is 2.25. The molecule has 7 heteroatoms. The van der Waals surface area contributed by atoms with Crippen LogP contribution in [0.3, 0.4) is 0 Å². The van der Waals surface area contributed by atoms with Gasteiger partial charge < -0.3 is 10.6 Å². The number of pyridine rings is 1. The van der Waals surface area contributed by atoms with Crippen molar-refractivity contribution in [2.75, 3.05) is 10.6 Å². The van der Waals surface area contributed by atoms with Gasteiger partial charge in [0, 0.05) is 17.6 Å². The Morgan fingerprint density at radius 3 is 2.61 bits per heavy atom. The fraction of sp³-hybridized carbons (Fsp3) is 0.0476. The first-order valence-electron chi connectivity index (χ1n) is 8.62. The Kier molecular flexibility index (Phi) is 4.87. The number of rotatable bonds is 4. The lowest BCUT2D eigenvalue weighted by atomic mass is 10.2. The van der Waals surface area contributed by atoms with Gasteiger partial charge in [-0.2, -0.15) is 0 Å². The third kappa shape index (κ3) is 3.77. The summed E-state index contributed by atoms with van der Waals surface area (Å²) < 4.78 is 0. The van der Waals surface area contributed by atoms with Gasteiger partial charge in [-0.05, 0) is 31.2 Å². The number of hydrogen-bond acceptors (Lipinski definition) is 5. The number of aryl methyl sites for hydroxylation is 1. The maximum atomic E-state index is 12.8. The summed E-state index contributed by atoms with van der Waals surface area (Å²) in [5.74, 6) is 0.617. The molecule has 0 spiro atoms. The van der Waals surface area contributed by atoms with E-state index in [1.54, 1.807) is 25.3 Å². The zero-order valence-corrected chi connectivity index (χ0v) is 15.7. The first-order chi connectivity index (χ1) is 13.6. The molecule has 0 aliphatic rings. The topological polar surface area (TPSA) is 79.8 Å². The lowest BCUT2D eigenvalue weighted by Crippen LogP contribution is -2.15. The first kappa shape index (κ1) is 17.9. The second-order valence-corrected chi connectivity index (χ2v) is 6.53. The highest BCUT2D eigenvalue weighted by molar-refractivity contribution is 6.33. The van der Waals surface area contributed by atoms with Crippen LogP contribution in [0.4, 0.5) is 17.2 Å². The van der Waals surface area contributed by atoms with E-state index in [9.17, 15) is 4.79 Å². The average molecular weight is 390 g/mol. The molecule has 4 aromatic rings. The van der Waals surface area contributed by atoms with E-state index in [1.807, 2.05) is 48.5 Å². The minimum atomic E-state index is -0.342. The van der Waals surface area contributed by atoms with Crippen LogP contribution in [0.2, 0.25) is 5.02 Å². The Morgan fingerprint density at radius 1 is 0.964 bits per heavy atom. The molecule has 0 radical (unpaired) electrons. The van der Waals surface area contributed by atoms with Crippen molar-refractivity contribution in [1.82, 2.24) is 15.0 Å². The highest BCUT2D eigenvalue weighted by Gasteiger charge is 2.13. The molecule has 6 nitrogen and oxygen atoms in total.